The summed E-state index contributed by atoms with van der Waals surface area (Å²) < 4.78 is 5.99. The lowest BCUT2D eigenvalue weighted by Crippen LogP contribution is -2.19. The number of pyridine rings is 1. The molecule has 0 amide bonds. The van der Waals surface area contributed by atoms with Gasteiger partial charge in [0.25, 0.3) is 0 Å². The Morgan fingerprint density at radius 1 is 1.32 bits per heavy atom. The highest BCUT2D eigenvalue weighted by atomic mass is 16.5. The second-order valence-electron chi connectivity index (χ2n) is 6.00. The first-order valence-electron chi connectivity index (χ1n) is 7.48. The van der Waals surface area contributed by atoms with Gasteiger partial charge in [0.05, 0.1) is 0 Å². The Kier molecular flexibility index (Phi) is 5.20. The van der Waals surface area contributed by atoms with Crippen molar-refractivity contribution in [1.82, 2.24) is 10.3 Å². The average Bonchev–Trinajstić information content (AvgIpc) is 2.80. The van der Waals surface area contributed by atoms with Crippen LogP contribution in [-0.4, -0.2) is 17.6 Å². The fourth-order valence-corrected chi connectivity index (χ4v) is 2.55. The molecule has 1 aliphatic carbocycles. The Bertz CT molecular complexity index is 398. The zero-order valence-electron chi connectivity index (χ0n) is 12.4. The van der Waals surface area contributed by atoms with Gasteiger partial charge in [-0.25, -0.2) is 4.98 Å². The predicted molar refractivity (Wildman–Crippen MR) is 78.4 cm³/mol. The highest BCUT2D eigenvalue weighted by Crippen LogP contribution is 2.23. The van der Waals surface area contributed by atoms with Crippen LogP contribution >= 0.6 is 0 Å². The molecule has 19 heavy (non-hydrogen) atoms. The fourth-order valence-electron chi connectivity index (χ4n) is 2.55. The third kappa shape index (κ3) is 4.83. The number of nitrogens with zero attached hydrogens (tertiary/aromatic N) is 1. The van der Waals surface area contributed by atoms with E-state index in [0.717, 1.165) is 24.7 Å². The van der Waals surface area contributed by atoms with E-state index in [-0.39, 0.29) is 0 Å². The van der Waals surface area contributed by atoms with Crippen LogP contribution in [0.15, 0.2) is 12.1 Å². The number of hydrogen-bond acceptors (Lipinski definition) is 3. The average molecular weight is 262 g/mol. The van der Waals surface area contributed by atoms with Gasteiger partial charge < -0.3 is 10.1 Å². The number of hydrogen-bond donors (Lipinski definition) is 1. The SMILES string of the molecule is Cc1cc(CNCC(C)C)cc(OC2CCCC2)n1. The molecule has 0 bridgehead atoms. The van der Waals surface area contributed by atoms with Crippen molar-refractivity contribution in [3.8, 4) is 5.88 Å². The molecule has 0 aliphatic heterocycles. The highest BCUT2D eigenvalue weighted by molar-refractivity contribution is 5.24. The third-order valence-corrected chi connectivity index (χ3v) is 3.46. The van der Waals surface area contributed by atoms with Crippen molar-refractivity contribution in [1.29, 1.82) is 0 Å². The van der Waals surface area contributed by atoms with Crippen molar-refractivity contribution in [3.05, 3.63) is 23.4 Å². The van der Waals surface area contributed by atoms with Crippen LogP contribution in [0.1, 0.15) is 50.8 Å². The molecule has 0 aromatic carbocycles. The molecule has 0 unspecified atom stereocenters. The fraction of sp³-hybridized carbons (Fsp3) is 0.688. The van der Waals surface area contributed by atoms with Gasteiger partial charge >= 0.3 is 0 Å². The highest BCUT2D eigenvalue weighted by Gasteiger charge is 2.17. The lowest BCUT2D eigenvalue weighted by Gasteiger charge is -2.14. The van der Waals surface area contributed by atoms with Crippen molar-refractivity contribution < 1.29 is 4.74 Å². The first-order chi connectivity index (χ1) is 9.13. The van der Waals surface area contributed by atoms with Gasteiger partial charge in [0.15, 0.2) is 0 Å². The summed E-state index contributed by atoms with van der Waals surface area (Å²) in [6, 6.07) is 4.22. The van der Waals surface area contributed by atoms with Crippen LogP contribution in [0.25, 0.3) is 0 Å². The second-order valence-corrected chi connectivity index (χ2v) is 6.00. The van der Waals surface area contributed by atoms with Gasteiger partial charge in [-0.05, 0) is 56.7 Å². The molecule has 1 heterocycles. The topological polar surface area (TPSA) is 34.1 Å². The summed E-state index contributed by atoms with van der Waals surface area (Å²) in [5.41, 5.74) is 2.30. The predicted octanol–water partition coefficient (Wildman–Crippen LogP) is 3.46. The van der Waals surface area contributed by atoms with E-state index in [1.165, 1.54) is 31.2 Å². The van der Waals surface area contributed by atoms with Crippen LogP contribution in [0.3, 0.4) is 0 Å². The number of nitrogens with one attached hydrogen (secondary N) is 1. The van der Waals surface area contributed by atoms with Crippen molar-refractivity contribution in [2.45, 2.75) is 59.1 Å². The Hall–Kier alpha value is -1.09. The molecule has 0 saturated heterocycles. The summed E-state index contributed by atoms with van der Waals surface area (Å²) in [6.45, 7) is 8.41. The standard InChI is InChI=1S/C16H26N2O/c1-12(2)10-17-11-14-8-13(3)18-16(9-14)19-15-6-4-5-7-15/h8-9,12,15,17H,4-7,10-11H2,1-3H3. The molecule has 0 radical (unpaired) electrons. The van der Waals surface area contributed by atoms with Gasteiger partial charge in [0, 0.05) is 18.3 Å². The summed E-state index contributed by atoms with van der Waals surface area (Å²) in [5, 5.41) is 3.47. The maximum absolute atomic E-state index is 5.99. The van der Waals surface area contributed by atoms with Gasteiger partial charge in [0.2, 0.25) is 5.88 Å². The molecule has 1 aliphatic rings. The molecule has 0 spiro atoms. The van der Waals surface area contributed by atoms with E-state index in [0.29, 0.717) is 12.0 Å². The molecule has 1 fully saturated rings. The Labute approximate surface area is 116 Å². The molecule has 0 atom stereocenters. The van der Waals surface area contributed by atoms with Crippen molar-refractivity contribution in [3.63, 3.8) is 0 Å². The minimum absolute atomic E-state index is 0.380. The van der Waals surface area contributed by atoms with Gasteiger partial charge in [-0.2, -0.15) is 0 Å². The van der Waals surface area contributed by atoms with E-state index in [2.05, 4.69) is 36.3 Å². The van der Waals surface area contributed by atoms with Gasteiger partial charge in [-0.3, -0.25) is 0 Å². The smallest absolute Gasteiger partial charge is 0.214 e. The quantitative estimate of drug-likeness (QED) is 0.852. The van der Waals surface area contributed by atoms with Crippen molar-refractivity contribution >= 4 is 0 Å². The van der Waals surface area contributed by atoms with Crippen LogP contribution in [0.2, 0.25) is 0 Å². The Balaban J connectivity index is 1.93. The number of rotatable bonds is 6. The monoisotopic (exact) mass is 262 g/mol. The van der Waals surface area contributed by atoms with Crippen LogP contribution in [0.4, 0.5) is 0 Å². The van der Waals surface area contributed by atoms with Crippen molar-refractivity contribution in [2.24, 2.45) is 5.92 Å². The molecule has 3 heteroatoms. The molecule has 1 saturated carbocycles. The molecular formula is C16H26N2O. The normalized spacial score (nSPS) is 16.2. The van der Waals surface area contributed by atoms with Gasteiger partial charge in [-0.1, -0.05) is 13.8 Å². The molecule has 1 aromatic heterocycles. The van der Waals surface area contributed by atoms with Gasteiger partial charge in [0.1, 0.15) is 6.10 Å². The van der Waals surface area contributed by atoms with E-state index in [1.54, 1.807) is 0 Å². The summed E-state index contributed by atoms with van der Waals surface area (Å²) in [7, 11) is 0. The minimum atomic E-state index is 0.380. The molecule has 3 nitrogen and oxygen atoms in total. The van der Waals surface area contributed by atoms with Gasteiger partial charge in [-0.15, -0.1) is 0 Å². The van der Waals surface area contributed by atoms with E-state index in [9.17, 15) is 0 Å². The van der Waals surface area contributed by atoms with E-state index in [4.69, 9.17) is 4.74 Å². The first kappa shape index (κ1) is 14.3. The molecule has 106 valence electrons. The zero-order valence-corrected chi connectivity index (χ0v) is 12.4. The van der Waals surface area contributed by atoms with E-state index in [1.807, 2.05) is 6.92 Å². The van der Waals surface area contributed by atoms with E-state index >= 15 is 0 Å². The summed E-state index contributed by atoms with van der Waals surface area (Å²) in [5.74, 6) is 1.48. The zero-order chi connectivity index (χ0) is 13.7. The molecule has 2 rings (SSSR count). The Morgan fingerprint density at radius 2 is 2.05 bits per heavy atom. The van der Waals surface area contributed by atoms with Crippen molar-refractivity contribution in [2.75, 3.05) is 6.54 Å². The summed E-state index contributed by atoms with van der Waals surface area (Å²) in [4.78, 5) is 4.49. The van der Waals surface area contributed by atoms with Crippen LogP contribution in [-0.2, 0) is 6.54 Å². The minimum Gasteiger partial charge on any atom is -0.474 e. The van der Waals surface area contributed by atoms with E-state index < -0.39 is 0 Å². The number of aromatic nitrogens is 1. The molecule has 1 N–H and O–H groups in total. The lowest BCUT2D eigenvalue weighted by atomic mass is 10.2. The number of ether oxygens (including phenoxy) is 1. The maximum Gasteiger partial charge on any atom is 0.214 e. The maximum atomic E-state index is 5.99. The van der Waals surface area contributed by atoms with Crippen LogP contribution < -0.4 is 10.1 Å². The Morgan fingerprint density at radius 3 is 2.74 bits per heavy atom. The van der Waals surface area contributed by atoms with Crippen LogP contribution in [0, 0.1) is 12.8 Å². The molecule has 1 aromatic rings. The lowest BCUT2D eigenvalue weighted by molar-refractivity contribution is 0.201. The third-order valence-electron chi connectivity index (χ3n) is 3.46. The van der Waals surface area contributed by atoms with Crippen LogP contribution in [0.5, 0.6) is 5.88 Å². The largest absolute Gasteiger partial charge is 0.474 e. The molecular weight excluding hydrogens is 236 g/mol. The number of aryl methyl sites for hydroxylation is 1. The summed E-state index contributed by atoms with van der Waals surface area (Å²) in [6.07, 6.45) is 5.32. The second kappa shape index (κ2) is 6.90. The first-order valence-corrected chi connectivity index (χ1v) is 7.48. The summed E-state index contributed by atoms with van der Waals surface area (Å²) >= 11 is 0.